The van der Waals surface area contributed by atoms with Gasteiger partial charge in [0.1, 0.15) is 0 Å². The van der Waals surface area contributed by atoms with Crippen LogP contribution in [0.25, 0.3) is 0 Å². The Morgan fingerprint density at radius 3 is 2.48 bits per heavy atom. The van der Waals surface area contributed by atoms with Crippen molar-refractivity contribution in [2.75, 3.05) is 5.32 Å². The van der Waals surface area contributed by atoms with Crippen molar-refractivity contribution in [3.63, 3.8) is 0 Å². The third-order valence-corrected chi connectivity index (χ3v) is 4.83. The van der Waals surface area contributed by atoms with Gasteiger partial charge in [-0.1, -0.05) is 73.1 Å². The van der Waals surface area contributed by atoms with E-state index in [0.717, 1.165) is 11.3 Å². The van der Waals surface area contributed by atoms with Gasteiger partial charge in [0.2, 0.25) is 5.89 Å². The van der Waals surface area contributed by atoms with Crippen LogP contribution < -0.4 is 5.32 Å². The number of halogens is 2. The van der Waals surface area contributed by atoms with Crippen molar-refractivity contribution in [3.05, 3.63) is 64.0 Å². The van der Waals surface area contributed by atoms with E-state index in [-0.39, 0.29) is 0 Å². The summed E-state index contributed by atoms with van der Waals surface area (Å²) >= 11 is 14.1. The molecule has 0 saturated carbocycles. The Bertz CT molecular complexity index is 847. The Hall–Kier alpha value is -1.69. The number of nitrogens with zero attached hydrogens (tertiary/aromatic N) is 2. The molecule has 0 aliphatic carbocycles. The summed E-state index contributed by atoms with van der Waals surface area (Å²) in [4.78, 5) is 0. The molecule has 0 atom stereocenters. The van der Waals surface area contributed by atoms with Crippen LogP contribution in [0.5, 0.6) is 0 Å². The van der Waals surface area contributed by atoms with E-state index in [1.54, 1.807) is 23.9 Å². The molecule has 0 aliphatic rings. The topological polar surface area (TPSA) is 51.0 Å². The number of hydrogen-bond acceptors (Lipinski definition) is 5. The Morgan fingerprint density at radius 2 is 1.76 bits per heavy atom. The molecule has 1 aromatic heterocycles. The summed E-state index contributed by atoms with van der Waals surface area (Å²) in [5.41, 5.74) is 2.59. The van der Waals surface area contributed by atoms with Gasteiger partial charge in [0.25, 0.3) is 5.22 Å². The number of para-hydroxylation sites is 2. The first-order valence-corrected chi connectivity index (χ1v) is 9.44. The van der Waals surface area contributed by atoms with E-state index in [4.69, 9.17) is 27.6 Å². The summed E-state index contributed by atoms with van der Waals surface area (Å²) in [6.45, 7) is 4.17. The number of benzene rings is 2. The summed E-state index contributed by atoms with van der Waals surface area (Å²) in [6, 6.07) is 13.3. The van der Waals surface area contributed by atoms with E-state index < -0.39 is 0 Å². The molecular weight excluding hydrogens is 377 g/mol. The van der Waals surface area contributed by atoms with E-state index in [2.05, 4.69) is 29.4 Å². The molecule has 2 aromatic carbocycles. The highest BCUT2D eigenvalue weighted by Crippen LogP contribution is 2.34. The van der Waals surface area contributed by atoms with Crippen molar-refractivity contribution in [2.24, 2.45) is 0 Å². The summed E-state index contributed by atoms with van der Waals surface area (Å²) < 4.78 is 5.71. The zero-order valence-electron chi connectivity index (χ0n) is 13.8. The van der Waals surface area contributed by atoms with Crippen LogP contribution in [0.4, 0.5) is 11.4 Å². The molecule has 0 saturated heterocycles. The second-order valence-corrected chi connectivity index (χ2v) is 8.03. The number of hydrogen-bond donors (Lipinski definition) is 1. The fourth-order valence-corrected chi connectivity index (χ4v) is 3.40. The largest absolute Gasteiger partial charge is 0.416 e. The van der Waals surface area contributed by atoms with Gasteiger partial charge in [0.05, 0.1) is 22.2 Å². The molecule has 0 unspecified atom stereocenters. The minimum atomic E-state index is 0.393. The van der Waals surface area contributed by atoms with Crippen LogP contribution in [0, 0.1) is 0 Å². The van der Waals surface area contributed by atoms with Crippen LogP contribution in [-0.4, -0.2) is 15.4 Å². The van der Waals surface area contributed by atoms with Crippen LogP contribution in [0.1, 0.15) is 25.3 Å². The number of thioether (sulfide) groups is 1. The first kappa shape index (κ1) is 18.1. The molecule has 4 nitrogen and oxygen atoms in total. The average molecular weight is 394 g/mol. The third-order valence-electron chi connectivity index (χ3n) is 3.37. The monoisotopic (exact) mass is 393 g/mol. The van der Waals surface area contributed by atoms with E-state index in [0.29, 0.717) is 38.5 Å². The molecule has 0 bridgehead atoms. The normalized spacial score (nSPS) is 11.1. The average Bonchev–Trinajstić information content (AvgIpc) is 2.99. The Labute approximate surface area is 160 Å². The van der Waals surface area contributed by atoms with Gasteiger partial charge < -0.3 is 9.73 Å². The van der Waals surface area contributed by atoms with Crippen molar-refractivity contribution in [2.45, 2.75) is 30.7 Å². The van der Waals surface area contributed by atoms with Gasteiger partial charge in [0.15, 0.2) is 0 Å². The van der Waals surface area contributed by atoms with Gasteiger partial charge in [-0.2, -0.15) is 0 Å². The Morgan fingerprint density at radius 1 is 1.04 bits per heavy atom. The van der Waals surface area contributed by atoms with E-state index in [1.165, 1.54) is 0 Å². The van der Waals surface area contributed by atoms with Crippen LogP contribution in [0.15, 0.2) is 52.1 Å². The molecule has 0 radical (unpaired) electrons. The molecule has 0 fully saturated rings. The number of nitrogens with one attached hydrogen (secondary N) is 1. The van der Waals surface area contributed by atoms with E-state index in [9.17, 15) is 0 Å². The van der Waals surface area contributed by atoms with Crippen molar-refractivity contribution >= 4 is 46.3 Å². The summed E-state index contributed by atoms with van der Waals surface area (Å²) in [5.74, 6) is 0.572. The second kappa shape index (κ2) is 8.13. The number of rotatable bonds is 6. The maximum absolute atomic E-state index is 6.25. The van der Waals surface area contributed by atoms with Crippen molar-refractivity contribution in [1.29, 1.82) is 0 Å². The van der Waals surface area contributed by atoms with Crippen molar-refractivity contribution in [3.8, 4) is 0 Å². The fourth-order valence-electron chi connectivity index (χ4n) is 2.27. The molecule has 1 N–H and O–H groups in total. The van der Waals surface area contributed by atoms with Gasteiger partial charge in [-0.25, -0.2) is 0 Å². The SMILES string of the molecule is CC(C)Sc1nnc(Cc2ccccc2Nc2c(Cl)cccc2Cl)o1. The van der Waals surface area contributed by atoms with Crippen molar-refractivity contribution in [1.82, 2.24) is 10.2 Å². The Kier molecular flexibility index (Phi) is 5.89. The lowest BCUT2D eigenvalue weighted by atomic mass is 10.1. The lowest BCUT2D eigenvalue weighted by Gasteiger charge is -2.13. The van der Waals surface area contributed by atoms with Gasteiger partial charge in [0, 0.05) is 10.9 Å². The Balaban J connectivity index is 1.83. The van der Waals surface area contributed by atoms with E-state index in [1.807, 2.05) is 30.3 Å². The predicted molar refractivity (Wildman–Crippen MR) is 104 cm³/mol. The standard InChI is InChI=1S/C18H17Cl2N3OS/c1-11(2)25-18-23-22-16(24-18)10-12-6-3-4-9-15(12)21-17-13(19)7-5-8-14(17)20/h3-9,11,21H,10H2,1-2H3. The highest BCUT2D eigenvalue weighted by Gasteiger charge is 2.13. The molecule has 3 rings (SSSR count). The zero-order valence-corrected chi connectivity index (χ0v) is 16.1. The van der Waals surface area contributed by atoms with Gasteiger partial charge in [-0.3, -0.25) is 0 Å². The molecule has 130 valence electrons. The first-order valence-electron chi connectivity index (χ1n) is 7.81. The summed E-state index contributed by atoms with van der Waals surface area (Å²) in [5, 5.41) is 13.6. The maximum Gasteiger partial charge on any atom is 0.276 e. The van der Waals surface area contributed by atoms with Crippen LogP contribution in [0.2, 0.25) is 10.0 Å². The third kappa shape index (κ3) is 4.69. The fraction of sp³-hybridized carbons (Fsp3) is 0.222. The molecule has 7 heteroatoms. The molecule has 1 heterocycles. The van der Waals surface area contributed by atoms with Crippen molar-refractivity contribution < 1.29 is 4.42 Å². The molecule has 0 spiro atoms. The first-order chi connectivity index (χ1) is 12.0. The predicted octanol–water partition coefficient (Wildman–Crippen LogP) is 6.21. The summed E-state index contributed by atoms with van der Waals surface area (Å²) in [6.07, 6.45) is 0.525. The molecule has 0 aliphatic heterocycles. The van der Waals surface area contributed by atoms with Crippen LogP contribution >= 0.6 is 35.0 Å². The lowest BCUT2D eigenvalue weighted by molar-refractivity contribution is 0.420. The minimum absolute atomic E-state index is 0.393. The van der Waals surface area contributed by atoms with Gasteiger partial charge in [-0.15, -0.1) is 10.2 Å². The van der Waals surface area contributed by atoms with Gasteiger partial charge in [-0.05, 0) is 23.8 Å². The molecule has 3 aromatic rings. The van der Waals surface area contributed by atoms with Crippen LogP contribution in [0.3, 0.4) is 0 Å². The maximum atomic E-state index is 6.25. The minimum Gasteiger partial charge on any atom is -0.416 e. The molecular formula is C18H17Cl2N3OS. The highest BCUT2D eigenvalue weighted by atomic mass is 35.5. The summed E-state index contributed by atoms with van der Waals surface area (Å²) in [7, 11) is 0. The van der Waals surface area contributed by atoms with Crippen LogP contribution in [-0.2, 0) is 6.42 Å². The molecule has 25 heavy (non-hydrogen) atoms. The second-order valence-electron chi connectivity index (χ2n) is 5.68. The van der Waals surface area contributed by atoms with E-state index >= 15 is 0 Å². The lowest BCUT2D eigenvalue weighted by Crippen LogP contribution is -1.98. The number of anilines is 2. The highest BCUT2D eigenvalue weighted by molar-refractivity contribution is 7.99. The zero-order chi connectivity index (χ0) is 17.8. The quantitative estimate of drug-likeness (QED) is 0.504. The number of aromatic nitrogens is 2. The van der Waals surface area contributed by atoms with Gasteiger partial charge >= 0.3 is 0 Å². The smallest absolute Gasteiger partial charge is 0.276 e. The molecule has 0 amide bonds.